The molecule has 2 aliphatic carbocycles. The molecule has 2 saturated heterocycles. The number of fused-ring (bicyclic) bond motifs is 3. The number of benzene rings is 1. The van der Waals surface area contributed by atoms with Crippen LogP contribution in [-0.2, 0) is 29.5 Å². The fourth-order valence-electron chi connectivity index (χ4n) is 7.30. The Balaban J connectivity index is 1.33. The Morgan fingerprint density at radius 2 is 2.05 bits per heavy atom. The van der Waals surface area contributed by atoms with E-state index in [0.29, 0.717) is 38.3 Å². The fourth-order valence-corrected chi connectivity index (χ4v) is 7.30. The number of carbonyl (C=O) groups excluding carboxylic acids is 1. The van der Waals surface area contributed by atoms with Gasteiger partial charge in [0.25, 0.3) is 0 Å². The Labute approximate surface area is 231 Å². The van der Waals surface area contributed by atoms with Crippen molar-refractivity contribution >= 4 is 11.7 Å². The smallest absolute Gasteiger partial charge is 0.318 e. The third kappa shape index (κ3) is 4.78. The van der Waals surface area contributed by atoms with Crippen LogP contribution in [0.1, 0.15) is 54.5 Å². The maximum atomic E-state index is 12.5. The van der Waals surface area contributed by atoms with Gasteiger partial charge < -0.3 is 19.4 Å². The molecule has 0 radical (unpaired) electrons. The molecule has 2 aromatic rings. The van der Waals surface area contributed by atoms with Crippen molar-refractivity contribution in [2.24, 2.45) is 0 Å². The minimum atomic E-state index is -0.201. The zero-order valence-electron chi connectivity index (χ0n) is 22.9. The van der Waals surface area contributed by atoms with Gasteiger partial charge in [0.2, 0.25) is 5.91 Å². The normalized spacial score (nSPS) is 26.3. The van der Waals surface area contributed by atoms with Crippen LogP contribution < -0.4 is 9.64 Å². The van der Waals surface area contributed by atoms with Crippen molar-refractivity contribution in [1.29, 1.82) is 5.26 Å². The predicted octanol–water partition coefficient (Wildman–Crippen LogP) is 3.44. The van der Waals surface area contributed by atoms with Gasteiger partial charge in [0.15, 0.2) is 0 Å². The Bertz CT molecular complexity index is 1300. The first-order valence-electron chi connectivity index (χ1n) is 14.4. The molecule has 2 fully saturated rings. The minimum absolute atomic E-state index is 0.119. The summed E-state index contributed by atoms with van der Waals surface area (Å²) >= 11 is 0. The molecular formula is C31H38N6O2. The summed E-state index contributed by atoms with van der Waals surface area (Å²) in [6.45, 7) is 7.10. The summed E-state index contributed by atoms with van der Waals surface area (Å²) in [5.41, 5.74) is 5.37. The lowest BCUT2D eigenvalue weighted by atomic mass is 9.69. The van der Waals surface area contributed by atoms with Crippen molar-refractivity contribution in [1.82, 2.24) is 19.8 Å². The quantitative estimate of drug-likeness (QED) is 0.533. The number of nitriles is 1. The van der Waals surface area contributed by atoms with E-state index < -0.39 is 0 Å². The van der Waals surface area contributed by atoms with E-state index in [1.54, 1.807) is 4.90 Å². The van der Waals surface area contributed by atoms with Crippen molar-refractivity contribution in [3.63, 3.8) is 0 Å². The number of ether oxygens (including phenoxy) is 1. The van der Waals surface area contributed by atoms with Crippen LogP contribution in [0.4, 0.5) is 5.82 Å². The molecule has 0 bridgehead atoms. The number of rotatable bonds is 6. The SMILES string of the molecule is C=CC(=O)N1CCN(c2nc(OCC3CCCN3C)nc3c2CC[C@]2(CCc4ccccc42)C3)C[C@@H]1CC#N. The molecule has 8 nitrogen and oxygen atoms in total. The first kappa shape index (κ1) is 25.8. The first-order valence-corrected chi connectivity index (χ1v) is 14.4. The van der Waals surface area contributed by atoms with Crippen LogP contribution in [0, 0.1) is 11.3 Å². The van der Waals surface area contributed by atoms with E-state index in [1.165, 1.54) is 29.2 Å². The number of aryl methyl sites for hydroxylation is 1. The monoisotopic (exact) mass is 526 g/mol. The lowest BCUT2D eigenvalue weighted by Gasteiger charge is -2.42. The maximum Gasteiger partial charge on any atom is 0.318 e. The van der Waals surface area contributed by atoms with E-state index in [4.69, 9.17) is 14.7 Å². The highest BCUT2D eigenvalue weighted by molar-refractivity contribution is 5.87. The van der Waals surface area contributed by atoms with E-state index in [1.807, 2.05) is 0 Å². The minimum Gasteiger partial charge on any atom is -0.462 e. The van der Waals surface area contributed by atoms with Gasteiger partial charge in [0.1, 0.15) is 12.4 Å². The van der Waals surface area contributed by atoms with Crippen molar-refractivity contribution in [2.45, 2.75) is 68.9 Å². The molecule has 6 rings (SSSR count). The van der Waals surface area contributed by atoms with Crippen LogP contribution in [0.25, 0.3) is 0 Å². The standard InChI is InChI=1S/C31H38N6O2/c1-3-28(38)37-18-17-36(20-23(37)12-15-32)29-25-11-14-31(13-10-22-7-4-5-9-26(22)31)19-27(25)33-30(34-29)39-21-24-8-6-16-35(24)2/h3-5,7,9,23-24H,1,6,8,10-14,16-21H2,2H3/t23-,24?,31+/m0/s1. The molecule has 0 saturated carbocycles. The number of likely N-dealkylation sites (tertiary alicyclic amines) is 1. The summed E-state index contributed by atoms with van der Waals surface area (Å²) in [5.74, 6) is 0.802. The zero-order chi connectivity index (χ0) is 27.0. The van der Waals surface area contributed by atoms with E-state index in [-0.39, 0.29) is 23.8 Å². The molecule has 204 valence electrons. The van der Waals surface area contributed by atoms with Gasteiger partial charge in [-0.25, -0.2) is 0 Å². The largest absolute Gasteiger partial charge is 0.462 e. The third-order valence-corrected chi connectivity index (χ3v) is 9.51. The van der Waals surface area contributed by atoms with Gasteiger partial charge in [-0.1, -0.05) is 30.8 Å². The number of hydrogen-bond acceptors (Lipinski definition) is 7. The highest BCUT2D eigenvalue weighted by Crippen LogP contribution is 2.48. The molecule has 1 aromatic carbocycles. The highest BCUT2D eigenvalue weighted by Gasteiger charge is 2.43. The zero-order valence-corrected chi connectivity index (χ0v) is 22.9. The lowest BCUT2D eigenvalue weighted by Crippen LogP contribution is -2.55. The molecule has 3 atom stereocenters. The molecule has 2 aliphatic heterocycles. The van der Waals surface area contributed by atoms with E-state index >= 15 is 0 Å². The van der Waals surface area contributed by atoms with Gasteiger partial charge in [-0.05, 0) is 75.7 Å². The Hall–Kier alpha value is -3.44. The molecule has 1 aromatic heterocycles. The molecule has 3 heterocycles. The van der Waals surface area contributed by atoms with Crippen molar-refractivity contribution in [2.75, 3.05) is 44.7 Å². The third-order valence-electron chi connectivity index (χ3n) is 9.51. The molecule has 1 amide bonds. The number of aromatic nitrogens is 2. The van der Waals surface area contributed by atoms with Crippen molar-refractivity contribution in [3.8, 4) is 12.1 Å². The number of nitrogens with zero attached hydrogens (tertiary/aromatic N) is 6. The average Bonchev–Trinajstić information content (AvgIpc) is 3.54. The van der Waals surface area contributed by atoms with E-state index in [0.717, 1.165) is 56.6 Å². The molecule has 4 aliphatic rings. The number of amides is 1. The van der Waals surface area contributed by atoms with Gasteiger partial charge in [-0.15, -0.1) is 0 Å². The van der Waals surface area contributed by atoms with Gasteiger partial charge in [-0.2, -0.15) is 15.2 Å². The number of likely N-dealkylation sites (N-methyl/N-ethyl adjacent to an activating group) is 1. The molecule has 39 heavy (non-hydrogen) atoms. The summed E-state index contributed by atoms with van der Waals surface area (Å²) in [4.78, 5) is 28.9. The van der Waals surface area contributed by atoms with Crippen LogP contribution in [0.5, 0.6) is 6.01 Å². The first-order chi connectivity index (χ1) is 19.0. The summed E-state index contributed by atoms with van der Waals surface area (Å²) in [5, 5.41) is 9.50. The second-order valence-electron chi connectivity index (χ2n) is 11.7. The van der Waals surface area contributed by atoms with Crippen molar-refractivity contribution in [3.05, 3.63) is 59.3 Å². The Morgan fingerprint density at radius 1 is 1.21 bits per heavy atom. The number of carbonyl (C=O) groups is 1. The predicted molar refractivity (Wildman–Crippen MR) is 150 cm³/mol. The van der Waals surface area contributed by atoms with Crippen LogP contribution in [0.15, 0.2) is 36.9 Å². The molecule has 8 heteroatoms. The maximum absolute atomic E-state index is 12.5. The summed E-state index contributed by atoms with van der Waals surface area (Å²) in [7, 11) is 2.15. The van der Waals surface area contributed by atoms with Crippen LogP contribution in [0.2, 0.25) is 0 Å². The topological polar surface area (TPSA) is 85.6 Å². The fraction of sp³-hybridized carbons (Fsp3) is 0.548. The van der Waals surface area contributed by atoms with E-state index in [2.05, 4.69) is 53.8 Å². The Morgan fingerprint density at radius 3 is 2.85 bits per heavy atom. The van der Waals surface area contributed by atoms with Gasteiger partial charge in [0, 0.05) is 36.7 Å². The van der Waals surface area contributed by atoms with Crippen LogP contribution >= 0.6 is 0 Å². The molecule has 0 N–H and O–H groups in total. The van der Waals surface area contributed by atoms with Crippen molar-refractivity contribution < 1.29 is 9.53 Å². The van der Waals surface area contributed by atoms with Crippen LogP contribution in [-0.4, -0.2) is 77.6 Å². The second-order valence-corrected chi connectivity index (χ2v) is 11.7. The number of anilines is 1. The lowest BCUT2D eigenvalue weighted by molar-refractivity contribution is -0.128. The second kappa shape index (κ2) is 10.6. The summed E-state index contributed by atoms with van der Waals surface area (Å²) in [6.07, 6.45) is 9.11. The number of piperazine rings is 1. The highest BCUT2D eigenvalue weighted by atomic mass is 16.5. The van der Waals surface area contributed by atoms with Crippen LogP contribution in [0.3, 0.4) is 0 Å². The summed E-state index contributed by atoms with van der Waals surface area (Å²) < 4.78 is 6.31. The molecule has 1 spiro atoms. The summed E-state index contributed by atoms with van der Waals surface area (Å²) in [6, 6.07) is 11.8. The molecular weight excluding hydrogens is 488 g/mol. The average molecular weight is 527 g/mol. The van der Waals surface area contributed by atoms with Gasteiger partial charge >= 0.3 is 6.01 Å². The van der Waals surface area contributed by atoms with Gasteiger partial charge in [-0.3, -0.25) is 4.79 Å². The number of hydrogen-bond donors (Lipinski definition) is 0. The van der Waals surface area contributed by atoms with Gasteiger partial charge in [0.05, 0.1) is 24.2 Å². The van der Waals surface area contributed by atoms with E-state index in [9.17, 15) is 10.1 Å². The Kier molecular flexibility index (Phi) is 7.03. The molecule has 1 unspecified atom stereocenters.